The molecule has 0 unspecified atom stereocenters. The molecule has 102 valence electrons. The highest BCUT2D eigenvalue weighted by molar-refractivity contribution is 5.90. The number of anilines is 1. The summed E-state index contributed by atoms with van der Waals surface area (Å²) >= 11 is 0. The average Bonchev–Trinajstić information content (AvgIpc) is 2.30. The predicted octanol–water partition coefficient (Wildman–Crippen LogP) is 0.173. The molecule has 0 aliphatic heterocycles. The smallest absolute Gasteiger partial charge is 0.309 e. The number of carbonyl (C=O) groups is 3. The summed E-state index contributed by atoms with van der Waals surface area (Å²) in [6.45, 7) is 1.65. The summed E-state index contributed by atoms with van der Waals surface area (Å²) in [5, 5.41) is 13.7. The van der Waals surface area contributed by atoms with Crippen LogP contribution in [0.25, 0.3) is 0 Å². The van der Waals surface area contributed by atoms with Gasteiger partial charge in [-0.3, -0.25) is 19.4 Å². The van der Waals surface area contributed by atoms with Gasteiger partial charge < -0.3 is 15.7 Å². The molecule has 1 aromatic rings. The molecule has 0 fully saturated rings. The van der Waals surface area contributed by atoms with Crippen LogP contribution in [0.4, 0.5) is 5.69 Å². The van der Waals surface area contributed by atoms with Crippen LogP contribution >= 0.6 is 0 Å². The fourth-order valence-electron chi connectivity index (χ4n) is 1.33. The number of amides is 2. The number of nitrogens with one attached hydrogen (secondary N) is 2. The van der Waals surface area contributed by atoms with Crippen molar-refractivity contribution in [3.63, 3.8) is 0 Å². The van der Waals surface area contributed by atoms with Gasteiger partial charge in [0.25, 0.3) is 0 Å². The van der Waals surface area contributed by atoms with Crippen molar-refractivity contribution in [3.05, 3.63) is 24.0 Å². The molecule has 1 aromatic heterocycles. The summed E-state index contributed by atoms with van der Waals surface area (Å²) in [6, 6.07) is 3.12. The molecular formula is C12H15N3O4. The maximum atomic E-state index is 11.5. The zero-order valence-corrected chi connectivity index (χ0v) is 10.5. The lowest BCUT2D eigenvalue weighted by molar-refractivity contribution is -0.136. The van der Waals surface area contributed by atoms with Crippen molar-refractivity contribution in [2.45, 2.75) is 19.8 Å². The van der Waals surface area contributed by atoms with E-state index in [4.69, 9.17) is 5.11 Å². The van der Waals surface area contributed by atoms with E-state index >= 15 is 0 Å². The number of carbonyl (C=O) groups excluding carboxylic acids is 2. The SMILES string of the molecule is CC(=O)NCCC(=O)Nc1ccc(CC(=O)O)nc1. The third kappa shape index (κ3) is 6.16. The molecule has 1 heterocycles. The van der Waals surface area contributed by atoms with Gasteiger partial charge in [0.05, 0.1) is 24.0 Å². The van der Waals surface area contributed by atoms with E-state index < -0.39 is 5.97 Å². The molecule has 0 aliphatic carbocycles. The monoisotopic (exact) mass is 265 g/mol. The number of aliphatic carboxylic acids is 1. The molecule has 2 amide bonds. The van der Waals surface area contributed by atoms with Crippen LogP contribution in [0, 0.1) is 0 Å². The standard InChI is InChI=1S/C12H15N3O4/c1-8(16)13-5-4-11(17)15-10-3-2-9(14-7-10)6-12(18)19/h2-3,7H,4-6H2,1H3,(H,13,16)(H,15,17)(H,18,19). The fourth-order valence-corrected chi connectivity index (χ4v) is 1.33. The van der Waals surface area contributed by atoms with Gasteiger partial charge in [-0.2, -0.15) is 0 Å². The van der Waals surface area contributed by atoms with Crippen molar-refractivity contribution in [2.75, 3.05) is 11.9 Å². The maximum Gasteiger partial charge on any atom is 0.309 e. The molecule has 7 heteroatoms. The van der Waals surface area contributed by atoms with E-state index in [2.05, 4.69) is 15.6 Å². The van der Waals surface area contributed by atoms with Gasteiger partial charge in [-0.05, 0) is 12.1 Å². The Bertz CT molecular complexity index is 470. The lowest BCUT2D eigenvalue weighted by Gasteiger charge is -2.05. The van der Waals surface area contributed by atoms with Crippen LogP contribution in [0.3, 0.4) is 0 Å². The summed E-state index contributed by atoms with van der Waals surface area (Å²) < 4.78 is 0. The molecule has 0 atom stereocenters. The van der Waals surface area contributed by atoms with Gasteiger partial charge in [-0.25, -0.2) is 0 Å². The highest BCUT2D eigenvalue weighted by Gasteiger charge is 2.05. The maximum absolute atomic E-state index is 11.5. The van der Waals surface area contributed by atoms with Gasteiger partial charge in [0.1, 0.15) is 0 Å². The third-order valence-electron chi connectivity index (χ3n) is 2.17. The lowest BCUT2D eigenvalue weighted by Crippen LogP contribution is -2.25. The number of hydrogen-bond donors (Lipinski definition) is 3. The summed E-state index contributed by atoms with van der Waals surface area (Å²) in [5.74, 6) is -1.39. The highest BCUT2D eigenvalue weighted by atomic mass is 16.4. The number of carboxylic acid groups (broad SMARTS) is 1. The minimum absolute atomic E-state index is 0.156. The molecule has 0 saturated heterocycles. The lowest BCUT2D eigenvalue weighted by atomic mass is 10.2. The Morgan fingerprint density at radius 1 is 1.32 bits per heavy atom. The molecule has 0 aromatic carbocycles. The Labute approximate surface area is 110 Å². The molecule has 3 N–H and O–H groups in total. The van der Waals surface area contributed by atoms with Crippen molar-refractivity contribution in [3.8, 4) is 0 Å². The number of aromatic nitrogens is 1. The fraction of sp³-hybridized carbons (Fsp3) is 0.333. The van der Waals surface area contributed by atoms with Gasteiger partial charge in [-0.1, -0.05) is 0 Å². The Balaban J connectivity index is 2.42. The second-order valence-electron chi connectivity index (χ2n) is 3.89. The van der Waals surface area contributed by atoms with E-state index in [-0.39, 0.29) is 31.2 Å². The van der Waals surface area contributed by atoms with Crippen LogP contribution in [0.1, 0.15) is 19.0 Å². The zero-order chi connectivity index (χ0) is 14.3. The molecule has 0 spiro atoms. The van der Waals surface area contributed by atoms with Crippen molar-refractivity contribution in [2.24, 2.45) is 0 Å². The predicted molar refractivity (Wildman–Crippen MR) is 67.5 cm³/mol. The molecule has 0 aliphatic rings. The average molecular weight is 265 g/mol. The molecular weight excluding hydrogens is 250 g/mol. The molecule has 19 heavy (non-hydrogen) atoms. The van der Waals surface area contributed by atoms with E-state index in [0.29, 0.717) is 11.4 Å². The van der Waals surface area contributed by atoms with Gasteiger partial charge in [-0.15, -0.1) is 0 Å². The number of nitrogens with zero attached hydrogens (tertiary/aromatic N) is 1. The van der Waals surface area contributed by atoms with Crippen molar-refractivity contribution < 1.29 is 19.5 Å². The summed E-state index contributed by atoms with van der Waals surface area (Å²) in [4.78, 5) is 36.5. The highest BCUT2D eigenvalue weighted by Crippen LogP contribution is 2.07. The van der Waals surface area contributed by atoms with Crippen LogP contribution in [0.2, 0.25) is 0 Å². The first-order valence-electron chi connectivity index (χ1n) is 5.68. The topological polar surface area (TPSA) is 108 Å². The molecule has 0 bridgehead atoms. The Morgan fingerprint density at radius 2 is 2.05 bits per heavy atom. The van der Waals surface area contributed by atoms with Gasteiger partial charge in [0.15, 0.2) is 0 Å². The Morgan fingerprint density at radius 3 is 2.58 bits per heavy atom. The molecule has 0 radical (unpaired) electrons. The van der Waals surface area contributed by atoms with Crippen LogP contribution < -0.4 is 10.6 Å². The molecule has 1 rings (SSSR count). The van der Waals surface area contributed by atoms with E-state index in [1.54, 1.807) is 6.07 Å². The Kier molecular flexibility index (Phi) is 5.46. The second kappa shape index (κ2) is 7.10. The van der Waals surface area contributed by atoms with Crippen molar-refractivity contribution in [1.29, 1.82) is 0 Å². The number of pyridine rings is 1. The van der Waals surface area contributed by atoms with E-state index in [0.717, 1.165) is 0 Å². The van der Waals surface area contributed by atoms with Gasteiger partial charge in [0.2, 0.25) is 11.8 Å². The molecule has 0 saturated carbocycles. The third-order valence-corrected chi connectivity index (χ3v) is 2.17. The van der Waals surface area contributed by atoms with E-state index in [1.165, 1.54) is 19.2 Å². The normalized spacial score (nSPS) is 9.74. The van der Waals surface area contributed by atoms with Crippen molar-refractivity contribution in [1.82, 2.24) is 10.3 Å². The minimum Gasteiger partial charge on any atom is -0.481 e. The Hall–Kier alpha value is -2.44. The van der Waals surface area contributed by atoms with E-state index in [9.17, 15) is 14.4 Å². The minimum atomic E-state index is -0.959. The van der Waals surface area contributed by atoms with Crippen LogP contribution in [0.15, 0.2) is 18.3 Å². The summed E-state index contributed by atoms with van der Waals surface area (Å²) in [5.41, 5.74) is 0.908. The zero-order valence-electron chi connectivity index (χ0n) is 10.5. The van der Waals surface area contributed by atoms with Gasteiger partial charge in [0, 0.05) is 19.9 Å². The largest absolute Gasteiger partial charge is 0.481 e. The second-order valence-corrected chi connectivity index (χ2v) is 3.89. The number of rotatable bonds is 6. The summed E-state index contributed by atoms with van der Waals surface area (Å²) in [7, 11) is 0. The first kappa shape index (κ1) is 14.6. The van der Waals surface area contributed by atoms with Crippen LogP contribution in [-0.2, 0) is 20.8 Å². The van der Waals surface area contributed by atoms with Crippen LogP contribution in [0.5, 0.6) is 0 Å². The summed E-state index contributed by atoms with van der Waals surface area (Å²) in [6.07, 6.45) is 1.40. The first-order valence-corrected chi connectivity index (χ1v) is 5.68. The number of carboxylic acids is 1. The van der Waals surface area contributed by atoms with E-state index in [1.807, 2.05) is 0 Å². The van der Waals surface area contributed by atoms with Crippen LogP contribution in [-0.4, -0.2) is 34.4 Å². The number of hydrogen-bond acceptors (Lipinski definition) is 4. The molecule has 7 nitrogen and oxygen atoms in total. The van der Waals surface area contributed by atoms with Crippen molar-refractivity contribution >= 4 is 23.5 Å². The van der Waals surface area contributed by atoms with Gasteiger partial charge >= 0.3 is 5.97 Å². The quantitative estimate of drug-likeness (QED) is 0.679. The first-order chi connectivity index (χ1) is 8.97.